The average molecular weight is 323 g/mol. The van der Waals surface area contributed by atoms with E-state index in [1.807, 2.05) is 38.1 Å². The lowest BCUT2D eigenvalue weighted by atomic mass is 9.99. The van der Waals surface area contributed by atoms with Crippen LogP contribution in [-0.4, -0.2) is 53.0 Å². The zero-order valence-electron chi connectivity index (χ0n) is 14.2. The Morgan fingerprint density at radius 3 is 2.83 bits per heavy atom. The van der Waals surface area contributed by atoms with Gasteiger partial charge in [-0.15, -0.1) is 0 Å². The maximum atomic E-state index is 12.8. The van der Waals surface area contributed by atoms with Crippen LogP contribution < -0.4 is 0 Å². The smallest absolute Gasteiger partial charge is 0.254 e. The summed E-state index contributed by atoms with van der Waals surface area (Å²) >= 11 is 0. The van der Waals surface area contributed by atoms with Gasteiger partial charge in [-0.2, -0.15) is 0 Å². The molecule has 0 spiro atoms. The van der Waals surface area contributed by atoms with Gasteiger partial charge in [0.15, 0.2) is 0 Å². The van der Waals surface area contributed by atoms with Crippen LogP contribution in [0.3, 0.4) is 0 Å². The van der Waals surface area contributed by atoms with Gasteiger partial charge >= 0.3 is 0 Å². The molecule has 3 aromatic rings. The minimum atomic E-state index is 0.103. The number of phenols is 1. The minimum Gasteiger partial charge on any atom is -0.508 e. The van der Waals surface area contributed by atoms with E-state index in [1.165, 1.54) is 0 Å². The van der Waals surface area contributed by atoms with E-state index in [1.54, 1.807) is 12.1 Å². The second kappa shape index (κ2) is 5.24. The molecule has 1 amide bonds. The molecule has 2 N–H and O–H groups in total. The van der Waals surface area contributed by atoms with E-state index in [2.05, 4.69) is 9.88 Å². The molecule has 0 aliphatic carbocycles. The third-order valence-corrected chi connectivity index (χ3v) is 4.85. The molecule has 0 bridgehead atoms. The SMILES string of the molecule is Cc1cc2c(c3c1[nH]c1ccc(O)cc13)CN(CCN(C)C)C2=O. The number of aromatic nitrogens is 1. The molecule has 1 aromatic heterocycles. The van der Waals surface area contributed by atoms with Gasteiger partial charge in [0, 0.05) is 47.0 Å². The van der Waals surface area contributed by atoms with Crippen LogP contribution in [0.4, 0.5) is 0 Å². The molecule has 0 saturated carbocycles. The fourth-order valence-corrected chi connectivity index (χ4v) is 3.59. The summed E-state index contributed by atoms with van der Waals surface area (Å²) in [6, 6.07) is 7.34. The first-order valence-electron chi connectivity index (χ1n) is 8.16. The number of aryl methyl sites for hydroxylation is 1. The fraction of sp³-hybridized carbons (Fsp3) is 0.316. The Morgan fingerprint density at radius 2 is 2.08 bits per heavy atom. The third kappa shape index (κ3) is 2.16. The molecule has 0 radical (unpaired) electrons. The van der Waals surface area contributed by atoms with Crippen molar-refractivity contribution in [3.8, 4) is 5.75 Å². The van der Waals surface area contributed by atoms with Crippen LogP contribution >= 0.6 is 0 Å². The maximum Gasteiger partial charge on any atom is 0.254 e. The van der Waals surface area contributed by atoms with Gasteiger partial charge in [-0.1, -0.05) is 0 Å². The van der Waals surface area contributed by atoms with Crippen molar-refractivity contribution in [2.45, 2.75) is 13.5 Å². The van der Waals surface area contributed by atoms with Crippen molar-refractivity contribution in [3.05, 3.63) is 41.0 Å². The molecule has 0 unspecified atom stereocenters. The molecule has 5 heteroatoms. The van der Waals surface area contributed by atoms with Crippen LogP contribution in [0.15, 0.2) is 24.3 Å². The standard InChI is InChI=1S/C19H21N3O2/c1-11-8-13-15(10-22(19(13)24)7-6-21(2)3)17-14-9-12(23)4-5-16(14)20-18(11)17/h4-5,8-9,20,23H,6-7,10H2,1-3H3. The van der Waals surface area contributed by atoms with Crippen LogP contribution in [0.25, 0.3) is 21.8 Å². The lowest BCUT2D eigenvalue weighted by molar-refractivity contribution is 0.0768. The number of fused-ring (bicyclic) bond motifs is 5. The van der Waals surface area contributed by atoms with Gasteiger partial charge in [0.25, 0.3) is 5.91 Å². The van der Waals surface area contributed by atoms with Crippen LogP contribution in [0, 0.1) is 6.92 Å². The number of rotatable bonds is 3. The van der Waals surface area contributed by atoms with Gasteiger partial charge in [0.05, 0.1) is 0 Å². The van der Waals surface area contributed by atoms with Gasteiger partial charge in [0.2, 0.25) is 0 Å². The number of phenolic OH excluding ortho intramolecular Hbond substituents is 1. The molecule has 5 nitrogen and oxygen atoms in total. The number of carbonyl (C=O) groups is 1. The highest BCUT2D eigenvalue weighted by molar-refractivity contribution is 6.15. The predicted octanol–water partition coefficient (Wildman–Crippen LogP) is 2.85. The monoisotopic (exact) mass is 323 g/mol. The van der Waals surface area contributed by atoms with E-state index in [0.717, 1.165) is 45.0 Å². The highest BCUT2D eigenvalue weighted by Crippen LogP contribution is 2.38. The summed E-state index contributed by atoms with van der Waals surface area (Å²) in [6.45, 7) is 4.21. The zero-order valence-corrected chi connectivity index (χ0v) is 14.2. The molecule has 2 aromatic carbocycles. The van der Waals surface area contributed by atoms with Crippen molar-refractivity contribution >= 4 is 27.7 Å². The highest BCUT2D eigenvalue weighted by Gasteiger charge is 2.30. The van der Waals surface area contributed by atoms with E-state index in [9.17, 15) is 9.90 Å². The molecule has 0 atom stereocenters. The Labute approximate surface area is 140 Å². The van der Waals surface area contributed by atoms with E-state index < -0.39 is 0 Å². The lowest BCUT2D eigenvalue weighted by Crippen LogP contribution is -2.31. The van der Waals surface area contributed by atoms with Crippen molar-refractivity contribution in [1.29, 1.82) is 0 Å². The van der Waals surface area contributed by atoms with E-state index >= 15 is 0 Å². The predicted molar refractivity (Wildman–Crippen MR) is 95.5 cm³/mol. The molecule has 2 heterocycles. The van der Waals surface area contributed by atoms with E-state index in [-0.39, 0.29) is 11.7 Å². The third-order valence-electron chi connectivity index (χ3n) is 4.85. The number of nitrogens with zero attached hydrogens (tertiary/aromatic N) is 2. The van der Waals surface area contributed by atoms with E-state index in [4.69, 9.17) is 0 Å². The fourth-order valence-electron chi connectivity index (χ4n) is 3.59. The van der Waals surface area contributed by atoms with Crippen molar-refractivity contribution in [3.63, 3.8) is 0 Å². The summed E-state index contributed by atoms with van der Waals surface area (Å²) in [5.74, 6) is 0.346. The number of hydrogen-bond donors (Lipinski definition) is 2. The number of benzene rings is 2. The molecular formula is C19H21N3O2. The van der Waals surface area contributed by atoms with Gasteiger partial charge < -0.3 is 19.9 Å². The number of likely N-dealkylation sites (N-methyl/N-ethyl adjacent to an activating group) is 1. The Kier molecular flexibility index (Phi) is 3.28. The summed E-state index contributed by atoms with van der Waals surface area (Å²) in [4.78, 5) is 20.2. The average Bonchev–Trinajstić information content (AvgIpc) is 3.05. The number of hydrogen-bond acceptors (Lipinski definition) is 3. The number of nitrogens with one attached hydrogen (secondary N) is 1. The van der Waals surface area contributed by atoms with Gasteiger partial charge in [-0.25, -0.2) is 0 Å². The lowest BCUT2D eigenvalue weighted by Gasteiger charge is -2.18. The van der Waals surface area contributed by atoms with Crippen LogP contribution in [0.2, 0.25) is 0 Å². The number of H-pyrrole nitrogens is 1. The van der Waals surface area contributed by atoms with Crippen molar-refractivity contribution in [2.75, 3.05) is 27.2 Å². The van der Waals surface area contributed by atoms with E-state index in [0.29, 0.717) is 13.1 Å². The summed E-state index contributed by atoms with van der Waals surface area (Å²) in [5, 5.41) is 11.9. The molecular weight excluding hydrogens is 302 g/mol. The first-order chi connectivity index (χ1) is 11.5. The Balaban J connectivity index is 1.91. The Hall–Kier alpha value is -2.53. The summed E-state index contributed by atoms with van der Waals surface area (Å²) < 4.78 is 0. The number of aromatic hydroxyl groups is 1. The summed E-state index contributed by atoms with van der Waals surface area (Å²) in [7, 11) is 4.02. The second-order valence-corrected chi connectivity index (χ2v) is 6.85. The van der Waals surface area contributed by atoms with Crippen LogP contribution in [0.1, 0.15) is 21.5 Å². The largest absolute Gasteiger partial charge is 0.508 e. The van der Waals surface area contributed by atoms with Crippen molar-refractivity contribution in [1.82, 2.24) is 14.8 Å². The molecule has 0 saturated heterocycles. The molecule has 124 valence electrons. The Morgan fingerprint density at radius 1 is 1.29 bits per heavy atom. The van der Waals surface area contributed by atoms with Crippen molar-refractivity contribution < 1.29 is 9.90 Å². The van der Waals surface area contributed by atoms with Crippen LogP contribution in [-0.2, 0) is 6.54 Å². The first-order valence-corrected chi connectivity index (χ1v) is 8.16. The van der Waals surface area contributed by atoms with Gasteiger partial charge in [-0.05, 0) is 56.4 Å². The van der Waals surface area contributed by atoms with Crippen molar-refractivity contribution in [2.24, 2.45) is 0 Å². The quantitative estimate of drug-likeness (QED) is 0.779. The minimum absolute atomic E-state index is 0.103. The molecule has 24 heavy (non-hydrogen) atoms. The maximum absolute atomic E-state index is 12.8. The molecule has 1 aliphatic rings. The van der Waals surface area contributed by atoms with Gasteiger partial charge in [-0.3, -0.25) is 4.79 Å². The van der Waals surface area contributed by atoms with Gasteiger partial charge in [0.1, 0.15) is 5.75 Å². The van der Waals surface area contributed by atoms with Crippen LogP contribution in [0.5, 0.6) is 5.75 Å². The Bertz CT molecular complexity index is 972. The number of carbonyl (C=O) groups excluding carboxylic acids is 1. The topological polar surface area (TPSA) is 59.6 Å². The molecule has 4 rings (SSSR count). The second-order valence-electron chi connectivity index (χ2n) is 6.85. The number of amides is 1. The summed E-state index contributed by atoms with van der Waals surface area (Å²) in [5.41, 5.74) is 4.96. The highest BCUT2D eigenvalue weighted by atomic mass is 16.3. The molecule has 1 aliphatic heterocycles. The first kappa shape index (κ1) is 15.0. The zero-order chi connectivity index (χ0) is 17.0. The number of aromatic amines is 1. The normalized spacial score (nSPS) is 14.3. The molecule has 0 fully saturated rings. The summed E-state index contributed by atoms with van der Waals surface area (Å²) in [6.07, 6.45) is 0.